The van der Waals surface area contributed by atoms with E-state index >= 15 is 0 Å². The van der Waals surface area contributed by atoms with Crippen LogP contribution in [0.2, 0.25) is 0 Å². The Morgan fingerprint density at radius 3 is 2.67 bits per heavy atom. The van der Waals surface area contributed by atoms with Gasteiger partial charge in [0.05, 0.1) is 12.8 Å². The zero-order chi connectivity index (χ0) is 15.6. The number of carboxylic acids is 1. The maximum absolute atomic E-state index is 12.5. The Labute approximate surface area is 126 Å². The van der Waals surface area contributed by atoms with E-state index < -0.39 is 16.0 Å². The van der Waals surface area contributed by atoms with Crippen molar-refractivity contribution in [2.45, 2.75) is 4.90 Å². The average molecular weight is 327 g/mol. The van der Waals surface area contributed by atoms with Gasteiger partial charge in [0.25, 0.3) is 10.0 Å². The number of benzene rings is 1. The highest BCUT2D eigenvalue weighted by molar-refractivity contribution is 7.93. The summed E-state index contributed by atoms with van der Waals surface area (Å²) in [4.78, 5) is 10.7. The largest absolute Gasteiger partial charge is 0.497 e. The highest BCUT2D eigenvalue weighted by Crippen LogP contribution is 2.29. The van der Waals surface area contributed by atoms with Gasteiger partial charge in [0, 0.05) is 13.1 Å². The van der Waals surface area contributed by atoms with Gasteiger partial charge in [-0.15, -0.1) is 11.3 Å². The number of methoxy groups -OCH3 is 1. The number of hydrogen-bond donors (Lipinski definition) is 1. The van der Waals surface area contributed by atoms with Crippen LogP contribution in [0.4, 0.5) is 5.69 Å². The summed E-state index contributed by atoms with van der Waals surface area (Å²) in [5.74, 6) is -0.749. The Hall–Kier alpha value is -2.06. The molecule has 1 heterocycles. The molecule has 0 aliphatic heterocycles. The first-order valence-electron chi connectivity index (χ1n) is 5.81. The summed E-state index contributed by atoms with van der Waals surface area (Å²) in [6, 6.07) is 7.81. The van der Waals surface area contributed by atoms with Gasteiger partial charge in [-0.1, -0.05) is 6.07 Å². The summed E-state index contributed by atoms with van der Waals surface area (Å²) in [5.41, 5.74) is 0.386. The standard InChI is InChI=1S/C13H13NO5S2/c1-14(9-4-3-5-10(8-9)19-2)21(17,18)11-6-7-20-12(11)13(15)16/h3-8H,1-2H3,(H,15,16). The van der Waals surface area contributed by atoms with E-state index in [0.29, 0.717) is 11.4 Å². The summed E-state index contributed by atoms with van der Waals surface area (Å²) in [7, 11) is -1.09. The van der Waals surface area contributed by atoms with E-state index in [1.165, 1.54) is 25.6 Å². The lowest BCUT2D eigenvalue weighted by Gasteiger charge is -2.19. The smallest absolute Gasteiger partial charge is 0.347 e. The minimum Gasteiger partial charge on any atom is -0.497 e. The number of sulfonamides is 1. The molecule has 8 heteroatoms. The fraction of sp³-hybridized carbons (Fsp3) is 0.154. The predicted octanol–water partition coefficient (Wildman–Crippen LogP) is 2.28. The van der Waals surface area contributed by atoms with Crippen molar-refractivity contribution >= 4 is 33.0 Å². The molecule has 0 atom stereocenters. The van der Waals surface area contributed by atoms with Crippen molar-refractivity contribution in [2.24, 2.45) is 0 Å². The Bertz CT molecular complexity index is 766. The summed E-state index contributed by atoms with van der Waals surface area (Å²) >= 11 is 0.875. The van der Waals surface area contributed by atoms with Crippen LogP contribution >= 0.6 is 11.3 Å². The fourth-order valence-corrected chi connectivity index (χ4v) is 4.17. The summed E-state index contributed by atoms with van der Waals surface area (Å²) < 4.78 is 31.2. The quantitative estimate of drug-likeness (QED) is 0.911. The van der Waals surface area contributed by atoms with E-state index in [0.717, 1.165) is 15.6 Å². The molecule has 21 heavy (non-hydrogen) atoms. The maximum Gasteiger partial charge on any atom is 0.347 e. The molecule has 1 aromatic heterocycles. The number of rotatable bonds is 5. The van der Waals surface area contributed by atoms with E-state index in [4.69, 9.17) is 9.84 Å². The number of carboxylic acid groups (broad SMARTS) is 1. The molecule has 0 fully saturated rings. The molecule has 1 N–H and O–H groups in total. The lowest BCUT2D eigenvalue weighted by Crippen LogP contribution is -2.27. The van der Waals surface area contributed by atoms with Gasteiger partial charge in [-0.2, -0.15) is 0 Å². The summed E-state index contributed by atoms with van der Waals surface area (Å²) in [6.07, 6.45) is 0. The van der Waals surface area contributed by atoms with Crippen LogP contribution in [-0.4, -0.2) is 33.7 Å². The second kappa shape index (κ2) is 5.74. The molecule has 0 saturated carbocycles. The van der Waals surface area contributed by atoms with Gasteiger partial charge >= 0.3 is 5.97 Å². The first-order chi connectivity index (χ1) is 9.87. The van der Waals surface area contributed by atoms with Gasteiger partial charge < -0.3 is 9.84 Å². The van der Waals surface area contributed by atoms with Crippen LogP contribution in [0.25, 0.3) is 0 Å². The van der Waals surface area contributed by atoms with Crippen LogP contribution in [0.1, 0.15) is 9.67 Å². The molecule has 0 radical (unpaired) electrons. The molecule has 0 spiro atoms. The van der Waals surface area contributed by atoms with Crippen LogP contribution in [0.3, 0.4) is 0 Å². The topological polar surface area (TPSA) is 83.9 Å². The van der Waals surface area contributed by atoms with Gasteiger partial charge in [-0.3, -0.25) is 4.31 Å². The first-order valence-corrected chi connectivity index (χ1v) is 8.13. The number of nitrogens with zero attached hydrogens (tertiary/aromatic N) is 1. The normalized spacial score (nSPS) is 11.1. The zero-order valence-electron chi connectivity index (χ0n) is 11.3. The highest BCUT2D eigenvalue weighted by atomic mass is 32.2. The van der Waals surface area contributed by atoms with E-state index in [9.17, 15) is 13.2 Å². The number of carbonyl (C=O) groups is 1. The molecule has 0 aliphatic carbocycles. The number of hydrogen-bond acceptors (Lipinski definition) is 5. The molecule has 0 bridgehead atoms. The Morgan fingerprint density at radius 1 is 1.33 bits per heavy atom. The second-order valence-corrected chi connectivity index (χ2v) is 6.95. The lowest BCUT2D eigenvalue weighted by atomic mass is 10.3. The molecule has 2 aromatic rings. The molecule has 2 rings (SSSR count). The predicted molar refractivity (Wildman–Crippen MR) is 79.9 cm³/mol. The molecule has 0 amide bonds. The molecule has 0 aliphatic rings. The van der Waals surface area contributed by atoms with Crippen molar-refractivity contribution < 1.29 is 23.1 Å². The minimum atomic E-state index is -3.94. The lowest BCUT2D eigenvalue weighted by molar-refractivity contribution is 0.0698. The van der Waals surface area contributed by atoms with Crippen molar-refractivity contribution in [3.05, 3.63) is 40.6 Å². The molecule has 0 unspecified atom stereocenters. The summed E-state index contributed by atoms with van der Waals surface area (Å²) in [6.45, 7) is 0. The molecule has 1 aromatic carbocycles. The van der Waals surface area contributed by atoms with Crippen molar-refractivity contribution in [3.63, 3.8) is 0 Å². The Morgan fingerprint density at radius 2 is 2.05 bits per heavy atom. The van der Waals surface area contributed by atoms with E-state index in [1.54, 1.807) is 24.3 Å². The number of ether oxygens (including phenoxy) is 1. The van der Waals surface area contributed by atoms with Crippen LogP contribution in [0.5, 0.6) is 5.75 Å². The van der Waals surface area contributed by atoms with Crippen LogP contribution in [0, 0.1) is 0 Å². The molecule has 0 saturated heterocycles. The number of thiophene rings is 1. The Kier molecular flexibility index (Phi) is 4.19. The molecule has 112 valence electrons. The van der Waals surface area contributed by atoms with Crippen molar-refractivity contribution in [1.82, 2.24) is 0 Å². The third kappa shape index (κ3) is 2.86. The zero-order valence-corrected chi connectivity index (χ0v) is 12.9. The monoisotopic (exact) mass is 327 g/mol. The third-order valence-electron chi connectivity index (χ3n) is 2.88. The van der Waals surface area contributed by atoms with Crippen molar-refractivity contribution in [2.75, 3.05) is 18.5 Å². The van der Waals surface area contributed by atoms with Gasteiger partial charge in [0.15, 0.2) is 0 Å². The second-order valence-electron chi connectivity index (χ2n) is 4.09. The van der Waals surface area contributed by atoms with E-state index in [-0.39, 0.29) is 9.77 Å². The maximum atomic E-state index is 12.5. The van der Waals surface area contributed by atoms with Crippen LogP contribution in [-0.2, 0) is 10.0 Å². The fourth-order valence-electron chi connectivity index (χ4n) is 1.75. The SMILES string of the molecule is COc1cccc(N(C)S(=O)(=O)c2ccsc2C(=O)O)c1. The van der Waals surface area contributed by atoms with Gasteiger partial charge in [-0.25, -0.2) is 13.2 Å². The van der Waals surface area contributed by atoms with Crippen LogP contribution < -0.4 is 9.04 Å². The number of aromatic carboxylic acids is 1. The molecular formula is C13H13NO5S2. The first kappa shape index (κ1) is 15.3. The number of anilines is 1. The van der Waals surface area contributed by atoms with Gasteiger partial charge in [0.2, 0.25) is 0 Å². The average Bonchev–Trinajstić information content (AvgIpc) is 2.97. The third-order valence-corrected chi connectivity index (χ3v) is 5.74. The van der Waals surface area contributed by atoms with Gasteiger partial charge in [-0.05, 0) is 23.6 Å². The van der Waals surface area contributed by atoms with Crippen molar-refractivity contribution in [3.8, 4) is 5.75 Å². The van der Waals surface area contributed by atoms with Crippen LogP contribution in [0.15, 0.2) is 40.6 Å². The Balaban J connectivity index is 2.47. The van der Waals surface area contributed by atoms with Gasteiger partial charge in [0.1, 0.15) is 15.5 Å². The van der Waals surface area contributed by atoms with E-state index in [2.05, 4.69) is 0 Å². The summed E-state index contributed by atoms with van der Waals surface area (Å²) in [5, 5.41) is 10.5. The van der Waals surface area contributed by atoms with E-state index in [1.807, 2.05) is 0 Å². The minimum absolute atomic E-state index is 0.204. The highest BCUT2D eigenvalue weighted by Gasteiger charge is 2.28. The van der Waals surface area contributed by atoms with Crippen molar-refractivity contribution in [1.29, 1.82) is 0 Å². The molecular weight excluding hydrogens is 314 g/mol. The molecule has 6 nitrogen and oxygen atoms in total.